The summed E-state index contributed by atoms with van der Waals surface area (Å²) in [5.41, 5.74) is 2.20. The Morgan fingerprint density at radius 2 is 1.67 bits per heavy atom. The lowest BCUT2D eigenvalue weighted by Gasteiger charge is -2.32. The van der Waals surface area contributed by atoms with Crippen LogP contribution in [-0.2, 0) is 20.9 Å². The third-order valence-corrected chi connectivity index (χ3v) is 7.13. The van der Waals surface area contributed by atoms with Crippen molar-refractivity contribution in [1.82, 2.24) is 4.90 Å². The summed E-state index contributed by atoms with van der Waals surface area (Å²) in [6.07, 6.45) is -0.0574. The Morgan fingerprint density at radius 3 is 2.28 bits per heavy atom. The molecule has 1 heterocycles. The summed E-state index contributed by atoms with van der Waals surface area (Å²) >= 11 is 7.15. The SMILES string of the molecule is CCOC(=O)c1ccc(N=C2S[C@@H](C(=O)Nc3ccc(C(=O)O)cc3)CC(=O)N2Cc2ccc(Cl)cc2)cc1. The highest BCUT2D eigenvalue weighted by molar-refractivity contribution is 8.15. The summed E-state index contributed by atoms with van der Waals surface area (Å²) in [6.45, 7) is 2.21. The number of carboxylic acid groups (broad SMARTS) is 1. The number of benzene rings is 3. The number of rotatable bonds is 8. The van der Waals surface area contributed by atoms with Gasteiger partial charge in [-0.1, -0.05) is 35.5 Å². The average Bonchev–Trinajstić information content (AvgIpc) is 2.92. The van der Waals surface area contributed by atoms with Crippen LogP contribution in [0, 0.1) is 0 Å². The number of ether oxygens (including phenoxy) is 1. The standard InChI is InChI=1S/C28H24ClN3O6S/c1-2-38-27(37)19-7-13-22(14-8-19)31-28-32(16-17-3-9-20(29)10-4-17)24(33)15-23(39-28)25(34)30-21-11-5-18(6-12-21)26(35)36/h3-14,23H,2,15-16H2,1H3,(H,30,34)(H,35,36)/t23-/m1/s1. The van der Waals surface area contributed by atoms with Gasteiger partial charge in [-0.15, -0.1) is 0 Å². The highest BCUT2D eigenvalue weighted by Gasteiger charge is 2.36. The summed E-state index contributed by atoms with van der Waals surface area (Å²) < 4.78 is 5.02. The molecular weight excluding hydrogens is 542 g/mol. The Balaban J connectivity index is 1.58. The molecule has 0 bridgehead atoms. The number of hydrogen-bond acceptors (Lipinski definition) is 7. The number of nitrogens with zero attached hydrogens (tertiary/aromatic N) is 2. The molecule has 39 heavy (non-hydrogen) atoms. The first-order valence-electron chi connectivity index (χ1n) is 11.9. The number of halogens is 1. The number of carboxylic acids is 1. The number of esters is 1. The van der Waals surface area contributed by atoms with E-state index in [1.807, 2.05) is 12.1 Å². The second-order valence-electron chi connectivity index (χ2n) is 8.45. The lowest BCUT2D eigenvalue weighted by atomic mass is 10.2. The molecule has 3 aromatic rings. The van der Waals surface area contributed by atoms with Crippen LogP contribution in [-0.4, -0.2) is 50.8 Å². The smallest absolute Gasteiger partial charge is 0.338 e. The van der Waals surface area contributed by atoms with Gasteiger partial charge in [0.1, 0.15) is 5.25 Å². The van der Waals surface area contributed by atoms with Gasteiger partial charge in [0, 0.05) is 17.1 Å². The first-order chi connectivity index (χ1) is 18.7. The summed E-state index contributed by atoms with van der Waals surface area (Å²) in [4.78, 5) is 55.6. The van der Waals surface area contributed by atoms with Crippen LogP contribution >= 0.6 is 23.4 Å². The molecule has 1 aliphatic rings. The van der Waals surface area contributed by atoms with Crippen molar-refractivity contribution in [3.05, 3.63) is 94.5 Å². The van der Waals surface area contributed by atoms with Crippen LogP contribution in [0.5, 0.6) is 0 Å². The van der Waals surface area contributed by atoms with Crippen molar-refractivity contribution >= 4 is 63.7 Å². The van der Waals surface area contributed by atoms with Gasteiger partial charge in [-0.25, -0.2) is 14.6 Å². The fourth-order valence-electron chi connectivity index (χ4n) is 3.68. The highest BCUT2D eigenvalue weighted by Crippen LogP contribution is 2.31. The molecular formula is C28H24ClN3O6S. The van der Waals surface area contributed by atoms with E-state index in [4.69, 9.17) is 21.4 Å². The Bertz CT molecular complexity index is 1410. The Morgan fingerprint density at radius 1 is 1.03 bits per heavy atom. The molecule has 4 rings (SSSR count). The van der Waals surface area contributed by atoms with Gasteiger partial charge in [0.25, 0.3) is 0 Å². The van der Waals surface area contributed by atoms with Crippen LogP contribution in [0.3, 0.4) is 0 Å². The number of aliphatic imine (C=N–C) groups is 1. The van der Waals surface area contributed by atoms with Gasteiger partial charge in [-0.3, -0.25) is 14.5 Å². The molecule has 0 spiro atoms. The number of anilines is 1. The molecule has 9 nitrogen and oxygen atoms in total. The van der Waals surface area contributed by atoms with Crippen molar-refractivity contribution in [3.63, 3.8) is 0 Å². The normalized spacial score (nSPS) is 16.2. The van der Waals surface area contributed by atoms with Gasteiger partial charge < -0.3 is 15.2 Å². The summed E-state index contributed by atoms with van der Waals surface area (Å²) in [6, 6.07) is 19.3. The zero-order chi connectivity index (χ0) is 27.9. The third-order valence-electron chi connectivity index (χ3n) is 5.69. The maximum atomic E-state index is 13.3. The quantitative estimate of drug-likeness (QED) is 0.351. The molecule has 1 atom stereocenters. The molecule has 0 unspecified atom stereocenters. The van der Waals surface area contributed by atoms with Gasteiger partial charge in [0.15, 0.2) is 5.17 Å². The minimum absolute atomic E-state index is 0.0574. The van der Waals surface area contributed by atoms with E-state index in [1.165, 1.54) is 29.2 Å². The van der Waals surface area contributed by atoms with Crippen molar-refractivity contribution in [2.45, 2.75) is 25.1 Å². The lowest BCUT2D eigenvalue weighted by Crippen LogP contribution is -2.44. The van der Waals surface area contributed by atoms with E-state index < -0.39 is 23.1 Å². The fourth-order valence-corrected chi connectivity index (χ4v) is 4.91. The van der Waals surface area contributed by atoms with Crippen molar-refractivity contribution in [2.75, 3.05) is 11.9 Å². The van der Waals surface area contributed by atoms with Crippen LogP contribution in [0.4, 0.5) is 11.4 Å². The van der Waals surface area contributed by atoms with E-state index in [1.54, 1.807) is 43.3 Å². The maximum Gasteiger partial charge on any atom is 0.338 e. The first kappa shape index (κ1) is 27.9. The predicted octanol–water partition coefficient (Wildman–Crippen LogP) is 5.38. The topological polar surface area (TPSA) is 125 Å². The summed E-state index contributed by atoms with van der Waals surface area (Å²) in [5.74, 6) is -2.21. The second-order valence-corrected chi connectivity index (χ2v) is 10.1. The van der Waals surface area contributed by atoms with Gasteiger partial charge in [-0.05, 0) is 73.2 Å². The van der Waals surface area contributed by atoms with E-state index in [0.29, 0.717) is 27.1 Å². The van der Waals surface area contributed by atoms with Crippen LogP contribution in [0.25, 0.3) is 0 Å². The number of amides is 2. The van der Waals surface area contributed by atoms with E-state index in [9.17, 15) is 19.2 Å². The molecule has 0 saturated carbocycles. The number of carbonyl (C=O) groups is 4. The van der Waals surface area contributed by atoms with Crippen molar-refractivity contribution < 1.29 is 29.0 Å². The minimum Gasteiger partial charge on any atom is -0.478 e. The first-order valence-corrected chi connectivity index (χ1v) is 13.2. The maximum absolute atomic E-state index is 13.3. The molecule has 1 saturated heterocycles. The van der Waals surface area contributed by atoms with E-state index >= 15 is 0 Å². The molecule has 200 valence electrons. The van der Waals surface area contributed by atoms with Gasteiger partial charge in [0.05, 0.1) is 30.0 Å². The lowest BCUT2D eigenvalue weighted by molar-refractivity contribution is -0.129. The van der Waals surface area contributed by atoms with Gasteiger partial charge in [-0.2, -0.15) is 0 Å². The van der Waals surface area contributed by atoms with Crippen LogP contribution < -0.4 is 5.32 Å². The molecule has 2 amide bonds. The number of aromatic carboxylic acids is 1. The molecule has 3 aromatic carbocycles. The molecule has 1 fully saturated rings. The number of thioether (sulfide) groups is 1. The Kier molecular flexibility index (Phi) is 9.00. The average molecular weight is 566 g/mol. The molecule has 0 radical (unpaired) electrons. The zero-order valence-electron chi connectivity index (χ0n) is 20.8. The molecule has 2 N–H and O–H groups in total. The van der Waals surface area contributed by atoms with Gasteiger partial charge >= 0.3 is 11.9 Å². The van der Waals surface area contributed by atoms with E-state index in [2.05, 4.69) is 10.3 Å². The van der Waals surface area contributed by atoms with Gasteiger partial charge in [0.2, 0.25) is 11.8 Å². The van der Waals surface area contributed by atoms with Crippen molar-refractivity contribution in [2.24, 2.45) is 4.99 Å². The predicted molar refractivity (Wildman–Crippen MR) is 150 cm³/mol. The van der Waals surface area contributed by atoms with E-state index in [-0.39, 0.29) is 31.0 Å². The van der Waals surface area contributed by atoms with Crippen molar-refractivity contribution in [1.29, 1.82) is 0 Å². The highest BCUT2D eigenvalue weighted by atomic mass is 35.5. The third kappa shape index (κ3) is 7.24. The van der Waals surface area contributed by atoms with Crippen LogP contribution in [0.15, 0.2) is 77.8 Å². The van der Waals surface area contributed by atoms with Crippen LogP contribution in [0.1, 0.15) is 39.6 Å². The number of hydrogen-bond donors (Lipinski definition) is 2. The Hall–Kier alpha value is -4.15. The largest absolute Gasteiger partial charge is 0.478 e. The zero-order valence-corrected chi connectivity index (χ0v) is 22.4. The van der Waals surface area contributed by atoms with Crippen LogP contribution in [0.2, 0.25) is 5.02 Å². The minimum atomic E-state index is -1.07. The second kappa shape index (κ2) is 12.6. The number of nitrogens with one attached hydrogen (secondary N) is 1. The van der Waals surface area contributed by atoms with E-state index in [0.717, 1.165) is 17.3 Å². The fraction of sp³-hybridized carbons (Fsp3) is 0.179. The number of amidine groups is 1. The molecule has 1 aliphatic heterocycles. The molecule has 11 heteroatoms. The number of carbonyl (C=O) groups excluding carboxylic acids is 3. The Labute approximate surface area is 233 Å². The monoisotopic (exact) mass is 565 g/mol. The molecule has 0 aromatic heterocycles. The van der Waals surface area contributed by atoms with Crippen molar-refractivity contribution in [3.8, 4) is 0 Å². The molecule has 0 aliphatic carbocycles. The summed E-state index contributed by atoms with van der Waals surface area (Å²) in [5, 5.41) is 11.9. The summed E-state index contributed by atoms with van der Waals surface area (Å²) in [7, 11) is 0.